The van der Waals surface area contributed by atoms with E-state index in [1.165, 1.54) is 4.70 Å². The second kappa shape index (κ2) is 5.65. The minimum atomic E-state index is -1.15. The van der Waals surface area contributed by atoms with Crippen molar-refractivity contribution in [3.63, 3.8) is 0 Å². The van der Waals surface area contributed by atoms with E-state index in [9.17, 15) is 5.11 Å². The molecule has 0 amide bonds. The maximum absolute atomic E-state index is 11.8. The highest BCUT2D eigenvalue weighted by Gasteiger charge is 2.35. The predicted molar refractivity (Wildman–Crippen MR) is 96.8 cm³/mol. The highest BCUT2D eigenvalue weighted by molar-refractivity contribution is 7.17. The van der Waals surface area contributed by atoms with Gasteiger partial charge in [-0.1, -0.05) is 78.9 Å². The van der Waals surface area contributed by atoms with Gasteiger partial charge in [-0.3, -0.25) is 0 Å². The molecule has 4 rings (SSSR count). The first-order valence-corrected chi connectivity index (χ1v) is 8.48. The SMILES string of the molecule is OC(c1ccccc1)(c1ccccc1)c1csc2ccccc12. The van der Waals surface area contributed by atoms with Gasteiger partial charge in [-0.2, -0.15) is 0 Å². The van der Waals surface area contributed by atoms with Crippen LogP contribution in [0.4, 0.5) is 0 Å². The molecule has 2 heteroatoms. The highest BCUT2D eigenvalue weighted by Crippen LogP contribution is 2.42. The summed E-state index contributed by atoms with van der Waals surface area (Å²) < 4.78 is 1.19. The van der Waals surface area contributed by atoms with E-state index in [0.717, 1.165) is 22.1 Å². The molecule has 0 fully saturated rings. The fourth-order valence-electron chi connectivity index (χ4n) is 3.09. The molecule has 0 aliphatic heterocycles. The van der Waals surface area contributed by atoms with Crippen LogP contribution in [0.2, 0.25) is 0 Å². The van der Waals surface area contributed by atoms with Crippen molar-refractivity contribution < 1.29 is 5.11 Å². The van der Waals surface area contributed by atoms with Gasteiger partial charge in [0, 0.05) is 10.3 Å². The van der Waals surface area contributed by atoms with E-state index in [2.05, 4.69) is 17.5 Å². The van der Waals surface area contributed by atoms with E-state index in [1.54, 1.807) is 11.3 Å². The van der Waals surface area contributed by atoms with Gasteiger partial charge < -0.3 is 5.11 Å². The molecule has 1 nitrogen and oxygen atoms in total. The molecule has 1 N–H and O–H groups in total. The van der Waals surface area contributed by atoms with Crippen LogP contribution in [0, 0.1) is 0 Å². The van der Waals surface area contributed by atoms with Crippen molar-refractivity contribution in [2.45, 2.75) is 5.60 Å². The Balaban J connectivity index is 2.04. The smallest absolute Gasteiger partial charge is 0.141 e. The maximum atomic E-state index is 11.8. The molecule has 0 spiro atoms. The summed E-state index contributed by atoms with van der Waals surface area (Å²) in [5, 5.41) is 15.0. The Kier molecular flexibility index (Phi) is 3.49. The van der Waals surface area contributed by atoms with E-state index in [4.69, 9.17) is 0 Å². The van der Waals surface area contributed by atoms with E-state index in [0.29, 0.717) is 0 Å². The first-order chi connectivity index (χ1) is 11.3. The lowest BCUT2D eigenvalue weighted by molar-refractivity contribution is 0.127. The average Bonchev–Trinajstić information content (AvgIpc) is 3.07. The number of hydrogen-bond donors (Lipinski definition) is 1. The number of fused-ring (bicyclic) bond motifs is 1. The van der Waals surface area contributed by atoms with Gasteiger partial charge >= 0.3 is 0 Å². The molecule has 3 aromatic carbocycles. The first-order valence-electron chi connectivity index (χ1n) is 7.60. The van der Waals surface area contributed by atoms with Crippen LogP contribution in [0.3, 0.4) is 0 Å². The van der Waals surface area contributed by atoms with Crippen molar-refractivity contribution >= 4 is 21.4 Å². The zero-order chi connectivity index (χ0) is 15.7. The third-order valence-electron chi connectivity index (χ3n) is 4.25. The Morgan fingerprint density at radius 1 is 0.652 bits per heavy atom. The number of thiophene rings is 1. The van der Waals surface area contributed by atoms with Crippen LogP contribution in [-0.4, -0.2) is 5.11 Å². The maximum Gasteiger partial charge on any atom is 0.141 e. The van der Waals surface area contributed by atoms with Crippen molar-refractivity contribution in [2.75, 3.05) is 0 Å². The predicted octanol–water partition coefficient (Wildman–Crippen LogP) is 5.19. The lowest BCUT2D eigenvalue weighted by Gasteiger charge is -2.29. The van der Waals surface area contributed by atoms with Gasteiger partial charge in [-0.05, 0) is 28.0 Å². The summed E-state index contributed by atoms with van der Waals surface area (Å²) >= 11 is 1.67. The Bertz CT molecular complexity index is 886. The van der Waals surface area contributed by atoms with Crippen molar-refractivity contribution in [3.8, 4) is 0 Å². The van der Waals surface area contributed by atoms with Gasteiger partial charge in [0.15, 0.2) is 0 Å². The zero-order valence-corrected chi connectivity index (χ0v) is 13.3. The van der Waals surface area contributed by atoms with E-state index in [-0.39, 0.29) is 0 Å². The molecule has 0 aliphatic carbocycles. The molecule has 0 unspecified atom stereocenters. The minimum Gasteiger partial charge on any atom is -0.376 e. The molecule has 0 atom stereocenters. The van der Waals surface area contributed by atoms with Crippen molar-refractivity contribution in [2.24, 2.45) is 0 Å². The Hall–Kier alpha value is -2.42. The molecule has 0 radical (unpaired) electrons. The summed E-state index contributed by atoms with van der Waals surface area (Å²) in [7, 11) is 0. The molecule has 23 heavy (non-hydrogen) atoms. The number of benzene rings is 3. The van der Waals surface area contributed by atoms with Gasteiger partial charge in [0.2, 0.25) is 0 Å². The highest BCUT2D eigenvalue weighted by atomic mass is 32.1. The van der Waals surface area contributed by atoms with Gasteiger partial charge in [0.25, 0.3) is 0 Å². The number of aliphatic hydroxyl groups is 1. The summed E-state index contributed by atoms with van der Waals surface area (Å²) in [5.41, 5.74) is 1.56. The number of rotatable bonds is 3. The molecular formula is C21H16OS. The largest absolute Gasteiger partial charge is 0.376 e. The van der Waals surface area contributed by atoms with E-state index < -0.39 is 5.60 Å². The normalized spacial score (nSPS) is 11.7. The molecular weight excluding hydrogens is 300 g/mol. The molecule has 0 bridgehead atoms. The zero-order valence-electron chi connectivity index (χ0n) is 12.5. The lowest BCUT2D eigenvalue weighted by Crippen LogP contribution is -2.28. The van der Waals surface area contributed by atoms with Gasteiger partial charge in [0.05, 0.1) is 0 Å². The second-order valence-electron chi connectivity index (χ2n) is 5.59. The van der Waals surface area contributed by atoms with Crippen LogP contribution >= 0.6 is 11.3 Å². The topological polar surface area (TPSA) is 20.2 Å². The van der Waals surface area contributed by atoms with Crippen LogP contribution in [0.25, 0.3) is 10.1 Å². The first kappa shape index (κ1) is 14.2. The summed E-state index contributed by atoms with van der Waals surface area (Å²) in [5.74, 6) is 0. The van der Waals surface area contributed by atoms with Crippen molar-refractivity contribution in [1.29, 1.82) is 0 Å². The fraction of sp³-hybridized carbons (Fsp3) is 0.0476. The standard InChI is InChI=1S/C21H16OS/c22-21(16-9-3-1-4-10-16,17-11-5-2-6-12-17)19-15-23-20-14-8-7-13-18(19)20/h1-15,22H. The fourth-order valence-corrected chi connectivity index (χ4v) is 4.10. The number of hydrogen-bond acceptors (Lipinski definition) is 2. The van der Waals surface area contributed by atoms with Crippen LogP contribution in [0.1, 0.15) is 16.7 Å². The monoisotopic (exact) mass is 316 g/mol. The van der Waals surface area contributed by atoms with Crippen LogP contribution in [-0.2, 0) is 5.60 Å². The molecule has 1 aromatic heterocycles. The molecule has 0 saturated heterocycles. The molecule has 112 valence electrons. The van der Waals surface area contributed by atoms with Crippen molar-refractivity contribution in [3.05, 3.63) is 107 Å². The summed E-state index contributed by atoms with van der Waals surface area (Å²) in [6, 6.07) is 28.0. The van der Waals surface area contributed by atoms with Crippen LogP contribution in [0.5, 0.6) is 0 Å². The van der Waals surface area contributed by atoms with Gasteiger partial charge in [-0.15, -0.1) is 11.3 Å². The summed E-state index contributed by atoms with van der Waals surface area (Å²) in [6.45, 7) is 0. The second-order valence-corrected chi connectivity index (χ2v) is 6.50. The van der Waals surface area contributed by atoms with Gasteiger partial charge in [0.1, 0.15) is 5.60 Å². The molecule has 0 saturated carbocycles. The van der Waals surface area contributed by atoms with Gasteiger partial charge in [-0.25, -0.2) is 0 Å². The van der Waals surface area contributed by atoms with E-state index in [1.807, 2.05) is 72.8 Å². The Morgan fingerprint density at radius 3 is 1.78 bits per heavy atom. The Labute approximate surface area is 139 Å². The van der Waals surface area contributed by atoms with Crippen LogP contribution < -0.4 is 0 Å². The summed E-state index contributed by atoms with van der Waals surface area (Å²) in [6.07, 6.45) is 0. The quantitative estimate of drug-likeness (QED) is 0.552. The minimum absolute atomic E-state index is 0.884. The molecule has 0 aliphatic rings. The Morgan fingerprint density at radius 2 is 1.17 bits per heavy atom. The average molecular weight is 316 g/mol. The summed E-state index contributed by atoms with van der Waals surface area (Å²) in [4.78, 5) is 0. The third-order valence-corrected chi connectivity index (χ3v) is 5.22. The van der Waals surface area contributed by atoms with E-state index >= 15 is 0 Å². The molecule has 4 aromatic rings. The van der Waals surface area contributed by atoms with Crippen molar-refractivity contribution in [1.82, 2.24) is 0 Å². The molecule has 1 heterocycles. The van der Waals surface area contributed by atoms with Crippen LogP contribution in [0.15, 0.2) is 90.3 Å². The third kappa shape index (κ3) is 2.27. The lowest BCUT2D eigenvalue weighted by atomic mass is 9.80.